The van der Waals surface area contributed by atoms with Crippen LogP contribution in [-0.4, -0.2) is 40.3 Å². The highest BCUT2D eigenvalue weighted by Crippen LogP contribution is 2.14. The number of rotatable bonds is 5. The van der Waals surface area contributed by atoms with Crippen LogP contribution in [0.4, 0.5) is 5.82 Å². The number of carbonyl (C=O) groups is 2. The predicted octanol–water partition coefficient (Wildman–Crippen LogP) is 1.80. The van der Waals surface area contributed by atoms with Crippen LogP contribution in [0.15, 0.2) is 10.6 Å². The quantitative estimate of drug-likeness (QED) is 0.835. The van der Waals surface area contributed by atoms with Crippen LogP contribution in [0.25, 0.3) is 0 Å². The highest BCUT2D eigenvalue weighted by molar-refractivity contribution is 9.10. The first-order chi connectivity index (χ1) is 8.81. The van der Waals surface area contributed by atoms with Gasteiger partial charge in [-0.2, -0.15) is 0 Å². The molecule has 19 heavy (non-hydrogen) atoms. The molecule has 0 radical (unpaired) electrons. The second-order valence-corrected chi connectivity index (χ2v) is 5.70. The normalized spacial score (nSPS) is 12.3. The van der Waals surface area contributed by atoms with Gasteiger partial charge >= 0.3 is 0 Å². The van der Waals surface area contributed by atoms with Gasteiger partial charge in [-0.3, -0.25) is 9.59 Å². The second-order valence-electron chi connectivity index (χ2n) is 4.71. The lowest BCUT2D eigenvalue weighted by Gasteiger charge is -2.21. The molecule has 0 fully saturated rings. The Kier molecular flexibility index (Phi) is 5.53. The van der Waals surface area contributed by atoms with Crippen molar-refractivity contribution in [3.63, 3.8) is 0 Å². The number of amides is 2. The van der Waals surface area contributed by atoms with E-state index in [1.165, 1.54) is 4.90 Å². The number of hydrogen-bond acceptors (Lipinski definition) is 4. The molecule has 0 aliphatic carbocycles. The zero-order chi connectivity index (χ0) is 14.6. The summed E-state index contributed by atoms with van der Waals surface area (Å²) in [5, 5.41) is 6.22. The molecular weight excluding hydrogens is 314 g/mol. The van der Waals surface area contributed by atoms with Crippen molar-refractivity contribution >= 4 is 33.6 Å². The lowest BCUT2D eigenvalue weighted by atomic mass is 10.1. The van der Waals surface area contributed by atoms with E-state index >= 15 is 0 Å². The van der Waals surface area contributed by atoms with E-state index in [1.807, 2.05) is 13.8 Å². The lowest BCUT2D eigenvalue weighted by molar-refractivity contribution is -0.133. The van der Waals surface area contributed by atoms with Crippen molar-refractivity contribution in [2.45, 2.75) is 25.6 Å². The number of aryl methyl sites for hydroxylation is 1. The summed E-state index contributed by atoms with van der Waals surface area (Å²) >= 11 is 3.32. The molecule has 6 nitrogen and oxygen atoms in total. The smallest absolute Gasteiger partial charge is 0.245 e. The van der Waals surface area contributed by atoms with Crippen LogP contribution in [0.3, 0.4) is 0 Å². The molecule has 0 spiro atoms. The standard InChI is InChI=1S/C12H18BrN3O3/c1-7(2)11(13)12(18)16(4)6-10(17)14-9-5-8(3)19-15-9/h5,7,11H,6H2,1-4H3,(H,14,15,17). The molecule has 1 aromatic rings. The molecule has 2 amide bonds. The van der Waals surface area contributed by atoms with E-state index in [0.29, 0.717) is 11.6 Å². The molecular formula is C12H18BrN3O3. The van der Waals surface area contributed by atoms with Gasteiger partial charge in [0.05, 0.1) is 11.4 Å². The van der Waals surface area contributed by atoms with Gasteiger partial charge < -0.3 is 14.7 Å². The Morgan fingerprint density at radius 3 is 2.63 bits per heavy atom. The van der Waals surface area contributed by atoms with Gasteiger partial charge in [-0.15, -0.1) is 0 Å². The van der Waals surface area contributed by atoms with Crippen molar-refractivity contribution in [3.05, 3.63) is 11.8 Å². The molecule has 0 saturated heterocycles. The number of aromatic nitrogens is 1. The molecule has 0 aliphatic rings. The molecule has 0 bridgehead atoms. The Hall–Kier alpha value is -1.37. The summed E-state index contributed by atoms with van der Waals surface area (Å²) in [6.07, 6.45) is 0. The average molecular weight is 332 g/mol. The van der Waals surface area contributed by atoms with Gasteiger partial charge in [0.15, 0.2) is 5.82 Å². The van der Waals surface area contributed by atoms with Crippen LogP contribution in [0.2, 0.25) is 0 Å². The van der Waals surface area contributed by atoms with Gasteiger partial charge in [0.2, 0.25) is 11.8 Å². The maximum absolute atomic E-state index is 11.9. The minimum atomic E-state index is -0.312. The van der Waals surface area contributed by atoms with E-state index in [1.54, 1.807) is 20.0 Å². The molecule has 1 unspecified atom stereocenters. The molecule has 1 aromatic heterocycles. The molecule has 7 heteroatoms. The third-order valence-electron chi connectivity index (χ3n) is 2.47. The van der Waals surface area contributed by atoms with Gasteiger partial charge in [0, 0.05) is 13.1 Å². The van der Waals surface area contributed by atoms with Gasteiger partial charge in [-0.25, -0.2) is 0 Å². The Bertz CT molecular complexity index is 459. The summed E-state index contributed by atoms with van der Waals surface area (Å²) in [5.74, 6) is 0.688. The number of alkyl halides is 1. The Balaban J connectivity index is 2.50. The molecule has 0 aromatic carbocycles. The molecule has 0 saturated carbocycles. The van der Waals surface area contributed by atoms with Crippen molar-refractivity contribution in [2.75, 3.05) is 18.9 Å². The summed E-state index contributed by atoms with van der Waals surface area (Å²) in [4.78, 5) is 24.8. The largest absolute Gasteiger partial charge is 0.360 e. The van der Waals surface area contributed by atoms with E-state index < -0.39 is 0 Å². The van der Waals surface area contributed by atoms with Gasteiger partial charge in [-0.05, 0) is 12.8 Å². The third-order valence-corrected chi connectivity index (χ3v) is 3.92. The molecule has 1 atom stereocenters. The maximum Gasteiger partial charge on any atom is 0.245 e. The van der Waals surface area contributed by atoms with Crippen molar-refractivity contribution in [1.29, 1.82) is 0 Å². The summed E-state index contributed by atoms with van der Waals surface area (Å²) < 4.78 is 4.83. The maximum atomic E-state index is 11.9. The summed E-state index contributed by atoms with van der Waals surface area (Å²) in [7, 11) is 1.59. The van der Waals surface area contributed by atoms with Gasteiger partial charge in [-0.1, -0.05) is 34.9 Å². The van der Waals surface area contributed by atoms with E-state index in [-0.39, 0.29) is 29.1 Å². The fourth-order valence-corrected chi connectivity index (χ4v) is 1.75. The molecule has 1 N–H and O–H groups in total. The van der Waals surface area contributed by atoms with Crippen LogP contribution < -0.4 is 5.32 Å². The molecule has 1 heterocycles. The Labute approximate surface area is 120 Å². The van der Waals surface area contributed by atoms with Crippen LogP contribution in [-0.2, 0) is 9.59 Å². The number of nitrogens with zero attached hydrogens (tertiary/aromatic N) is 2. The lowest BCUT2D eigenvalue weighted by Crippen LogP contribution is -2.40. The number of halogens is 1. The van der Waals surface area contributed by atoms with E-state index in [2.05, 4.69) is 26.4 Å². The number of carbonyl (C=O) groups excluding carboxylic acids is 2. The first kappa shape index (κ1) is 15.7. The fourth-order valence-electron chi connectivity index (χ4n) is 1.40. The second kappa shape index (κ2) is 6.70. The molecule has 1 rings (SSSR count). The number of hydrogen-bond donors (Lipinski definition) is 1. The summed E-state index contributed by atoms with van der Waals surface area (Å²) in [6, 6.07) is 1.61. The Morgan fingerprint density at radius 2 is 2.16 bits per heavy atom. The SMILES string of the molecule is Cc1cc(NC(=O)CN(C)C(=O)C(Br)C(C)C)no1. The summed E-state index contributed by atoms with van der Waals surface area (Å²) in [6.45, 7) is 5.57. The highest BCUT2D eigenvalue weighted by Gasteiger charge is 2.23. The van der Waals surface area contributed by atoms with Crippen LogP contribution >= 0.6 is 15.9 Å². The minimum Gasteiger partial charge on any atom is -0.360 e. The minimum absolute atomic E-state index is 0.0282. The molecule has 106 valence electrons. The molecule has 0 aliphatic heterocycles. The zero-order valence-corrected chi connectivity index (χ0v) is 13.0. The highest BCUT2D eigenvalue weighted by atomic mass is 79.9. The van der Waals surface area contributed by atoms with Gasteiger partial charge in [0.25, 0.3) is 0 Å². The first-order valence-corrected chi connectivity index (χ1v) is 6.85. The Morgan fingerprint density at radius 1 is 1.53 bits per heavy atom. The third kappa shape index (κ3) is 4.66. The van der Waals surface area contributed by atoms with E-state index in [0.717, 1.165) is 0 Å². The van der Waals surface area contributed by atoms with Crippen molar-refractivity contribution in [2.24, 2.45) is 5.92 Å². The average Bonchev–Trinajstić information content (AvgIpc) is 2.72. The number of nitrogens with one attached hydrogen (secondary N) is 1. The fraction of sp³-hybridized carbons (Fsp3) is 0.583. The van der Waals surface area contributed by atoms with Crippen LogP contribution in [0.5, 0.6) is 0 Å². The zero-order valence-electron chi connectivity index (χ0n) is 11.4. The summed E-state index contributed by atoms with van der Waals surface area (Å²) in [5.41, 5.74) is 0. The first-order valence-electron chi connectivity index (χ1n) is 5.93. The number of likely N-dealkylation sites (N-methyl/N-ethyl adjacent to an activating group) is 1. The number of anilines is 1. The van der Waals surface area contributed by atoms with Crippen LogP contribution in [0.1, 0.15) is 19.6 Å². The van der Waals surface area contributed by atoms with E-state index in [4.69, 9.17) is 4.52 Å². The van der Waals surface area contributed by atoms with E-state index in [9.17, 15) is 9.59 Å². The van der Waals surface area contributed by atoms with Crippen LogP contribution in [0, 0.1) is 12.8 Å². The van der Waals surface area contributed by atoms with Crippen molar-refractivity contribution < 1.29 is 14.1 Å². The van der Waals surface area contributed by atoms with Gasteiger partial charge in [0.1, 0.15) is 5.76 Å². The van der Waals surface area contributed by atoms with Crippen molar-refractivity contribution in [3.8, 4) is 0 Å². The topological polar surface area (TPSA) is 75.4 Å². The monoisotopic (exact) mass is 331 g/mol. The predicted molar refractivity (Wildman–Crippen MR) is 75.1 cm³/mol. The van der Waals surface area contributed by atoms with Crippen molar-refractivity contribution in [1.82, 2.24) is 10.1 Å².